The first-order valence-corrected chi connectivity index (χ1v) is 13.0. The van der Waals surface area contributed by atoms with E-state index >= 15 is 0 Å². The van der Waals surface area contributed by atoms with E-state index in [0.717, 1.165) is 5.56 Å². The summed E-state index contributed by atoms with van der Waals surface area (Å²) in [7, 11) is -6.44. The standard InChI is InChI=1S/C20H31NO5S2/c1-15(2)14-27(23,24)18-9-11-21(12-10-18)20(22)13-17-5-7-19(8-6-17)28(25,26)16(3)4/h5-8,15-16,18H,9-14H2,1-4H3. The maximum atomic E-state index is 12.5. The first-order chi connectivity index (χ1) is 12.9. The van der Waals surface area contributed by atoms with Crippen molar-refractivity contribution >= 4 is 25.6 Å². The Labute approximate surface area is 169 Å². The Morgan fingerprint density at radius 2 is 1.54 bits per heavy atom. The van der Waals surface area contributed by atoms with Crippen LogP contribution < -0.4 is 0 Å². The molecule has 1 aromatic rings. The summed E-state index contributed by atoms with van der Waals surface area (Å²) in [5.41, 5.74) is 0.752. The van der Waals surface area contributed by atoms with Crippen LogP contribution in [0, 0.1) is 5.92 Å². The molecule has 28 heavy (non-hydrogen) atoms. The molecule has 2 rings (SSSR count). The number of sulfone groups is 2. The summed E-state index contributed by atoms with van der Waals surface area (Å²) in [5, 5.41) is -0.854. The molecule has 1 saturated heterocycles. The maximum Gasteiger partial charge on any atom is 0.226 e. The first-order valence-electron chi connectivity index (χ1n) is 9.75. The molecule has 1 fully saturated rings. The molecule has 1 aromatic carbocycles. The van der Waals surface area contributed by atoms with E-state index in [1.165, 1.54) is 0 Å². The Morgan fingerprint density at radius 3 is 2.00 bits per heavy atom. The van der Waals surface area contributed by atoms with Crippen LogP contribution in [-0.4, -0.2) is 57.0 Å². The van der Waals surface area contributed by atoms with Gasteiger partial charge in [-0.05, 0) is 50.3 Å². The van der Waals surface area contributed by atoms with E-state index in [4.69, 9.17) is 0 Å². The smallest absolute Gasteiger partial charge is 0.226 e. The van der Waals surface area contributed by atoms with Gasteiger partial charge < -0.3 is 4.90 Å². The molecule has 0 atom stereocenters. The highest BCUT2D eigenvalue weighted by molar-refractivity contribution is 7.92. The number of likely N-dealkylation sites (tertiary alicyclic amines) is 1. The van der Waals surface area contributed by atoms with Crippen molar-refractivity contribution < 1.29 is 21.6 Å². The number of piperidine rings is 1. The average molecular weight is 430 g/mol. The van der Waals surface area contributed by atoms with E-state index in [9.17, 15) is 21.6 Å². The van der Waals surface area contributed by atoms with E-state index < -0.39 is 24.9 Å². The second kappa shape index (κ2) is 8.95. The first kappa shape index (κ1) is 22.9. The third-order valence-electron chi connectivity index (χ3n) is 5.10. The summed E-state index contributed by atoms with van der Waals surface area (Å²) in [5.74, 6) is 0.239. The Kier molecular flexibility index (Phi) is 7.31. The quantitative estimate of drug-likeness (QED) is 0.664. The van der Waals surface area contributed by atoms with Gasteiger partial charge in [-0.15, -0.1) is 0 Å². The van der Waals surface area contributed by atoms with Crippen molar-refractivity contribution in [2.45, 2.75) is 62.4 Å². The number of amides is 1. The molecule has 0 unspecified atom stereocenters. The molecule has 0 aromatic heterocycles. The number of nitrogens with zero attached hydrogens (tertiary/aromatic N) is 1. The monoisotopic (exact) mass is 429 g/mol. The van der Waals surface area contributed by atoms with Crippen LogP contribution in [0.15, 0.2) is 29.2 Å². The van der Waals surface area contributed by atoms with Gasteiger partial charge >= 0.3 is 0 Å². The SMILES string of the molecule is CC(C)CS(=O)(=O)C1CCN(C(=O)Cc2ccc(S(=O)(=O)C(C)C)cc2)CC1. The predicted molar refractivity (Wildman–Crippen MR) is 111 cm³/mol. The Hall–Kier alpha value is -1.41. The fourth-order valence-electron chi connectivity index (χ4n) is 3.42. The van der Waals surface area contributed by atoms with Crippen molar-refractivity contribution in [2.24, 2.45) is 5.92 Å². The number of hydrogen-bond acceptors (Lipinski definition) is 5. The lowest BCUT2D eigenvalue weighted by molar-refractivity contribution is -0.131. The summed E-state index contributed by atoms with van der Waals surface area (Å²) < 4.78 is 49.1. The van der Waals surface area contributed by atoms with Crippen LogP contribution in [0.25, 0.3) is 0 Å². The molecule has 1 heterocycles. The molecule has 0 saturated carbocycles. The Bertz CT molecular complexity index is 879. The van der Waals surface area contributed by atoms with Gasteiger partial charge in [0.2, 0.25) is 5.91 Å². The average Bonchev–Trinajstić information content (AvgIpc) is 2.61. The molecular weight excluding hydrogens is 398 g/mol. The molecule has 1 aliphatic heterocycles. The second-order valence-electron chi connectivity index (χ2n) is 8.22. The van der Waals surface area contributed by atoms with Crippen LogP contribution in [-0.2, 0) is 30.9 Å². The molecule has 0 aliphatic carbocycles. The molecule has 0 N–H and O–H groups in total. The highest BCUT2D eigenvalue weighted by Gasteiger charge is 2.31. The van der Waals surface area contributed by atoms with Gasteiger partial charge in [0.1, 0.15) is 0 Å². The summed E-state index contributed by atoms with van der Waals surface area (Å²) >= 11 is 0. The van der Waals surface area contributed by atoms with Crippen molar-refractivity contribution in [3.63, 3.8) is 0 Å². The lowest BCUT2D eigenvalue weighted by Crippen LogP contribution is -2.43. The molecule has 1 aliphatic rings. The van der Waals surface area contributed by atoms with Crippen molar-refractivity contribution in [1.29, 1.82) is 0 Å². The minimum Gasteiger partial charge on any atom is -0.342 e. The third kappa shape index (κ3) is 5.56. The van der Waals surface area contributed by atoms with E-state index in [1.807, 2.05) is 13.8 Å². The van der Waals surface area contributed by atoms with E-state index in [1.54, 1.807) is 43.0 Å². The summed E-state index contributed by atoms with van der Waals surface area (Å²) in [6, 6.07) is 6.44. The van der Waals surface area contributed by atoms with Crippen LogP contribution in [0.2, 0.25) is 0 Å². The van der Waals surface area contributed by atoms with Gasteiger partial charge in [0.15, 0.2) is 19.7 Å². The zero-order chi connectivity index (χ0) is 21.1. The summed E-state index contributed by atoms with van der Waals surface area (Å²) in [4.78, 5) is 14.5. The van der Waals surface area contributed by atoms with E-state index in [0.29, 0.717) is 25.9 Å². The van der Waals surface area contributed by atoms with Gasteiger partial charge in [-0.1, -0.05) is 26.0 Å². The predicted octanol–water partition coefficient (Wildman–Crippen LogP) is 2.47. The molecule has 6 nitrogen and oxygen atoms in total. The lowest BCUT2D eigenvalue weighted by Gasteiger charge is -2.32. The number of carbonyl (C=O) groups is 1. The number of benzene rings is 1. The highest BCUT2D eigenvalue weighted by atomic mass is 32.2. The highest BCUT2D eigenvalue weighted by Crippen LogP contribution is 2.22. The number of rotatable bonds is 7. The fourth-order valence-corrected chi connectivity index (χ4v) is 6.61. The minimum atomic E-state index is -3.32. The van der Waals surface area contributed by atoms with Gasteiger partial charge in [-0.3, -0.25) is 4.79 Å². The van der Waals surface area contributed by atoms with Crippen LogP contribution in [0.1, 0.15) is 46.1 Å². The van der Waals surface area contributed by atoms with Gasteiger partial charge in [-0.25, -0.2) is 16.8 Å². The molecule has 1 amide bonds. The van der Waals surface area contributed by atoms with E-state index in [2.05, 4.69) is 0 Å². The topological polar surface area (TPSA) is 88.6 Å². The largest absolute Gasteiger partial charge is 0.342 e. The van der Waals surface area contributed by atoms with Gasteiger partial charge in [0.05, 0.1) is 27.6 Å². The zero-order valence-electron chi connectivity index (χ0n) is 17.1. The minimum absolute atomic E-state index is 0.0563. The summed E-state index contributed by atoms with van der Waals surface area (Å²) in [6.07, 6.45) is 1.14. The van der Waals surface area contributed by atoms with Crippen LogP contribution in [0.5, 0.6) is 0 Å². The van der Waals surface area contributed by atoms with Crippen molar-refractivity contribution in [3.05, 3.63) is 29.8 Å². The Morgan fingerprint density at radius 1 is 1.00 bits per heavy atom. The van der Waals surface area contributed by atoms with Crippen LogP contribution in [0.3, 0.4) is 0 Å². The fraction of sp³-hybridized carbons (Fsp3) is 0.650. The maximum absolute atomic E-state index is 12.5. The third-order valence-corrected chi connectivity index (χ3v) is 9.88. The molecular formula is C20H31NO5S2. The lowest BCUT2D eigenvalue weighted by atomic mass is 10.1. The van der Waals surface area contributed by atoms with E-state index in [-0.39, 0.29) is 34.1 Å². The molecule has 8 heteroatoms. The second-order valence-corrected chi connectivity index (χ2v) is 13.0. The molecule has 0 bridgehead atoms. The summed E-state index contributed by atoms with van der Waals surface area (Å²) in [6.45, 7) is 7.96. The molecule has 0 spiro atoms. The molecule has 0 radical (unpaired) electrons. The zero-order valence-corrected chi connectivity index (χ0v) is 18.7. The normalized spacial score (nSPS) is 16.7. The Balaban J connectivity index is 1.95. The number of carbonyl (C=O) groups excluding carboxylic acids is 1. The van der Waals surface area contributed by atoms with Crippen molar-refractivity contribution in [3.8, 4) is 0 Å². The van der Waals surface area contributed by atoms with Crippen molar-refractivity contribution in [1.82, 2.24) is 4.90 Å². The van der Waals surface area contributed by atoms with Crippen LogP contribution >= 0.6 is 0 Å². The van der Waals surface area contributed by atoms with Crippen molar-refractivity contribution in [2.75, 3.05) is 18.8 Å². The van der Waals surface area contributed by atoms with Crippen LogP contribution in [0.4, 0.5) is 0 Å². The van der Waals surface area contributed by atoms with Gasteiger partial charge in [0, 0.05) is 13.1 Å². The van der Waals surface area contributed by atoms with Gasteiger partial charge in [0.25, 0.3) is 0 Å². The molecule has 158 valence electrons. The number of hydrogen-bond donors (Lipinski definition) is 0. The van der Waals surface area contributed by atoms with Gasteiger partial charge in [-0.2, -0.15) is 0 Å².